The highest BCUT2D eigenvalue weighted by Crippen LogP contribution is 2.40. The fourth-order valence-electron chi connectivity index (χ4n) is 2.93. The van der Waals surface area contributed by atoms with Crippen molar-refractivity contribution in [3.63, 3.8) is 0 Å². The highest BCUT2D eigenvalue weighted by atomic mass is 35.5. The van der Waals surface area contributed by atoms with Crippen LogP contribution in [0, 0.1) is 6.92 Å². The highest BCUT2D eigenvalue weighted by molar-refractivity contribution is 6.30. The van der Waals surface area contributed by atoms with E-state index >= 15 is 0 Å². The molecule has 2 heterocycles. The molecular formula is C17H19ClN4O. The molecule has 1 aromatic heterocycles. The van der Waals surface area contributed by atoms with Crippen molar-refractivity contribution < 1.29 is 4.79 Å². The van der Waals surface area contributed by atoms with Crippen molar-refractivity contribution in [2.45, 2.75) is 27.2 Å². The molecule has 3 rings (SSSR count). The first-order valence-corrected chi connectivity index (χ1v) is 8.17. The van der Waals surface area contributed by atoms with Crippen LogP contribution in [-0.2, 0) is 0 Å². The standard InChI is InChI=1S/C17H19ClN4O/c1-4-8-22-13-7-6-11(3)9-14(13)21(5-2)17(23)12-10-15(18)19-20-16(12)22/h6-7,9-10H,4-5,8H2,1-3H3. The first-order valence-electron chi connectivity index (χ1n) is 7.80. The molecule has 5 nitrogen and oxygen atoms in total. The van der Waals surface area contributed by atoms with Gasteiger partial charge in [0.05, 0.1) is 16.9 Å². The minimum atomic E-state index is -0.0928. The summed E-state index contributed by atoms with van der Waals surface area (Å²) in [5.41, 5.74) is 3.48. The van der Waals surface area contributed by atoms with Gasteiger partial charge in [-0.25, -0.2) is 0 Å². The predicted octanol–water partition coefficient (Wildman–Crippen LogP) is 3.97. The number of hydrogen-bond donors (Lipinski definition) is 0. The fourth-order valence-corrected chi connectivity index (χ4v) is 3.08. The van der Waals surface area contributed by atoms with Crippen molar-refractivity contribution in [3.05, 3.63) is 40.5 Å². The van der Waals surface area contributed by atoms with E-state index < -0.39 is 0 Å². The fraction of sp³-hybridized carbons (Fsp3) is 0.353. The summed E-state index contributed by atoms with van der Waals surface area (Å²) >= 11 is 5.98. The van der Waals surface area contributed by atoms with Crippen LogP contribution in [0.3, 0.4) is 0 Å². The van der Waals surface area contributed by atoms with E-state index in [1.807, 2.05) is 32.0 Å². The Hall–Kier alpha value is -2.14. The average molecular weight is 331 g/mol. The summed E-state index contributed by atoms with van der Waals surface area (Å²) in [6, 6.07) is 7.74. The van der Waals surface area contributed by atoms with Crippen LogP contribution >= 0.6 is 11.6 Å². The molecule has 1 aliphatic heterocycles. The summed E-state index contributed by atoms with van der Waals surface area (Å²) in [4.78, 5) is 16.8. The molecule has 6 heteroatoms. The summed E-state index contributed by atoms with van der Waals surface area (Å²) in [6.45, 7) is 7.42. The quantitative estimate of drug-likeness (QED) is 0.854. The van der Waals surface area contributed by atoms with E-state index in [1.54, 1.807) is 11.0 Å². The van der Waals surface area contributed by atoms with Crippen LogP contribution < -0.4 is 9.80 Å². The number of nitrogens with zero attached hydrogens (tertiary/aromatic N) is 4. The SMILES string of the molecule is CCCN1c2ccc(C)cc2N(CC)C(=O)c2cc(Cl)nnc21. The van der Waals surface area contributed by atoms with Crippen LogP contribution in [0.4, 0.5) is 17.2 Å². The van der Waals surface area contributed by atoms with Crippen molar-refractivity contribution in [2.24, 2.45) is 0 Å². The number of hydrogen-bond acceptors (Lipinski definition) is 4. The molecule has 1 amide bonds. The minimum Gasteiger partial charge on any atom is -0.322 e. The van der Waals surface area contributed by atoms with Crippen LogP contribution in [-0.4, -0.2) is 29.2 Å². The van der Waals surface area contributed by atoms with E-state index in [-0.39, 0.29) is 11.1 Å². The molecule has 1 aliphatic rings. The minimum absolute atomic E-state index is 0.0928. The maximum absolute atomic E-state index is 13.0. The van der Waals surface area contributed by atoms with E-state index in [4.69, 9.17) is 11.6 Å². The third-order valence-corrected chi connectivity index (χ3v) is 4.14. The second-order valence-electron chi connectivity index (χ2n) is 5.60. The molecule has 0 unspecified atom stereocenters. The summed E-state index contributed by atoms with van der Waals surface area (Å²) in [6.07, 6.45) is 0.928. The summed E-state index contributed by atoms with van der Waals surface area (Å²) in [7, 11) is 0. The number of aryl methyl sites for hydroxylation is 1. The Labute approximate surface area is 140 Å². The Morgan fingerprint density at radius 3 is 2.57 bits per heavy atom. The van der Waals surface area contributed by atoms with Gasteiger partial charge in [-0.1, -0.05) is 24.6 Å². The lowest BCUT2D eigenvalue weighted by molar-refractivity contribution is 0.0989. The van der Waals surface area contributed by atoms with Gasteiger partial charge in [0.1, 0.15) is 0 Å². The Morgan fingerprint density at radius 1 is 1.09 bits per heavy atom. The van der Waals surface area contributed by atoms with Crippen molar-refractivity contribution >= 4 is 34.7 Å². The molecule has 1 aromatic carbocycles. The predicted molar refractivity (Wildman–Crippen MR) is 92.9 cm³/mol. The normalized spacial score (nSPS) is 13.7. The van der Waals surface area contributed by atoms with Gasteiger partial charge in [0.25, 0.3) is 5.91 Å². The number of anilines is 3. The molecule has 0 bridgehead atoms. The molecule has 0 radical (unpaired) electrons. The number of carbonyl (C=O) groups is 1. The van der Waals surface area contributed by atoms with Gasteiger partial charge in [0.2, 0.25) is 0 Å². The van der Waals surface area contributed by atoms with Gasteiger partial charge in [-0.15, -0.1) is 10.2 Å². The number of halogens is 1. The average Bonchev–Trinajstić information content (AvgIpc) is 2.62. The van der Waals surface area contributed by atoms with E-state index in [0.29, 0.717) is 17.9 Å². The van der Waals surface area contributed by atoms with Crippen LogP contribution in [0.2, 0.25) is 5.15 Å². The molecule has 0 fully saturated rings. The van der Waals surface area contributed by atoms with Crippen molar-refractivity contribution in [1.29, 1.82) is 0 Å². The van der Waals surface area contributed by atoms with Gasteiger partial charge in [0, 0.05) is 13.1 Å². The Balaban J connectivity index is 2.31. The van der Waals surface area contributed by atoms with E-state index in [1.165, 1.54) is 0 Å². The summed E-state index contributed by atoms with van der Waals surface area (Å²) in [5.74, 6) is 0.479. The number of rotatable bonds is 3. The lowest BCUT2D eigenvalue weighted by atomic mass is 10.1. The highest BCUT2D eigenvalue weighted by Gasteiger charge is 2.31. The van der Waals surface area contributed by atoms with Crippen molar-refractivity contribution in [1.82, 2.24) is 10.2 Å². The largest absolute Gasteiger partial charge is 0.322 e. The molecule has 23 heavy (non-hydrogen) atoms. The van der Waals surface area contributed by atoms with Crippen molar-refractivity contribution in [3.8, 4) is 0 Å². The Kier molecular flexibility index (Phi) is 4.22. The van der Waals surface area contributed by atoms with Gasteiger partial charge in [-0.3, -0.25) is 4.79 Å². The summed E-state index contributed by atoms with van der Waals surface area (Å²) in [5, 5.41) is 8.39. The molecular weight excluding hydrogens is 312 g/mol. The number of amides is 1. The maximum Gasteiger partial charge on any atom is 0.262 e. The number of benzene rings is 1. The molecule has 2 aromatic rings. The van der Waals surface area contributed by atoms with Gasteiger partial charge in [0.15, 0.2) is 11.0 Å². The molecule has 120 valence electrons. The number of aromatic nitrogens is 2. The molecule has 0 atom stereocenters. The van der Waals surface area contributed by atoms with Gasteiger partial charge in [-0.2, -0.15) is 0 Å². The number of carbonyl (C=O) groups excluding carboxylic acids is 1. The Morgan fingerprint density at radius 2 is 1.87 bits per heavy atom. The van der Waals surface area contributed by atoms with E-state index in [9.17, 15) is 4.79 Å². The molecule has 0 saturated carbocycles. The van der Waals surface area contributed by atoms with Gasteiger partial charge in [-0.05, 0) is 44.0 Å². The van der Waals surface area contributed by atoms with Crippen LogP contribution in [0.5, 0.6) is 0 Å². The van der Waals surface area contributed by atoms with Crippen LogP contribution in [0.1, 0.15) is 36.2 Å². The molecule has 0 N–H and O–H groups in total. The number of fused-ring (bicyclic) bond motifs is 2. The lowest BCUT2D eigenvalue weighted by Gasteiger charge is -2.26. The second-order valence-corrected chi connectivity index (χ2v) is 5.98. The third-order valence-electron chi connectivity index (χ3n) is 3.95. The summed E-state index contributed by atoms with van der Waals surface area (Å²) < 4.78 is 0. The zero-order valence-electron chi connectivity index (χ0n) is 13.5. The zero-order valence-corrected chi connectivity index (χ0v) is 14.3. The van der Waals surface area contributed by atoms with Gasteiger partial charge < -0.3 is 9.80 Å². The first kappa shape index (κ1) is 15.7. The van der Waals surface area contributed by atoms with E-state index in [2.05, 4.69) is 22.0 Å². The lowest BCUT2D eigenvalue weighted by Crippen LogP contribution is -2.30. The zero-order chi connectivity index (χ0) is 16.6. The second kappa shape index (κ2) is 6.16. The van der Waals surface area contributed by atoms with Gasteiger partial charge >= 0.3 is 0 Å². The van der Waals surface area contributed by atoms with Crippen molar-refractivity contribution in [2.75, 3.05) is 22.9 Å². The smallest absolute Gasteiger partial charge is 0.262 e. The van der Waals surface area contributed by atoms with E-state index in [0.717, 1.165) is 29.9 Å². The first-order chi connectivity index (χ1) is 11.1. The maximum atomic E-state index is 13.0. The molecule has 0 aliphatic carbocycles. The molecule has 0 saturated heterocycles. The topological polar surface area (TPSA) is 49.3 Å². The molecule has 0 spiro atoms. The Bertz CT molecular complexity index is 762. The monoisotopic (exact) mass is 330 g/mol. The third kappa shape index (κ3) is 2.65. The van der Waals surface area contributed by atoms with Crippen LogP contribution in [0.25, 0.3) is 0 Å². The van der Waals surface area contributed by atoms with Crippen LogP contribution in [0.15, 0.2) is 24.3 Å².